The molecule has 7 heteroatoms. The molecule has 5 N–H and O–H groups in total. The number of nitrogens with two attached hydrogens (primary N) is 2. The number of hydrazine groups is 1. The lowest BCUT2D eigenvalue weighted by atomic mass is 10.1. The number of rotatable bonds is 9. The molecular formula is C16H22BrN3O3. The van der Waals surface area contributed by atoms with Crippen molar-refractivity contribution >= 4 is 27.3 Å². The van der Waals surface area contributed by atoms with Crippen molar-refractivity contribution in [3.8, 4) is 11.5 Å². The quantitative estimate of drug-likeness (QED) is 0.343. The molecule has 0 atom stereocenters. The van der Waals surface area contributed by atoms with Crippen molar-refractivity contribution in [3.05, 3.63) is 40.5 Å². The normalized spacial score (nSPS) is 12.0. The molecule has 0 heterocycles. The van der Waals surface area contributed by atoms with Gasteiger partial charge in [0.05, 0.1) is 20.3 Å². The van der Waals surface area contributed by atoms with E-state index in [1.807, 2.05) is 25.1 Å². The summed E-state index contributed by atoms with van der Waals surface area (Å²) in [5.74, 6) is 6.48. The van der Waals surface area contributed by atoms with Crippen molar-refractivity contribution in [1.82, 2.24) is 5.43 Å². The second-order valence-electron chi connectivity index (χ2n) is 4.70. The zero-order valence-corrected chi connectivity index (χ0v) is 14.9. The highest BCUT2D eigenvalue weighted by Crippen LogP contribution is 2.31. The van der Waals surface area contributed by atoms with Crippen molar-refractivity contribution in [3.63, 3.8) is 0 Å². The Morgan fingerprint density at radius 3 is 2.70 bits per heavy atom. The molecule has 0 spiro atoms. The molecule has 0 aromatic heterocycles. The summed E-state index contributed by atoms with van der Waals surface area (Å²) in [5.41, 5.74) is 9.58. The van der Waals surface area contributed by atoms with E-state index in [0.717, 1.165) is 15.6 Å². The summed E-state index contributed by atoms with van der Waals surface area (Å²) in [4.78, 5) is 11.2. The molecule has 0 saturated carbocycles. The van der Waals surface area contributed by atoms with Gasteiger partial charge in [-0.1, -0.05) is 22.0 Å². The second-order valence-corrected chi connectivity index (χ2v) is 5.96. The molecule has 6 nitrogen and oxygen atoms in total. The Morgan fingerprint density at radius 1 is 1.39 bits per heavy atom. The van der Waals surface area contributed by atoms with Gasteiger partial charge in [0.1, 0.15) is 5.78 Å². The third-order valence-electron chi connectivity index (χ3n) is 2.96. The van der Waals surface area contributed by atoms with E-state index in [0.29, 0.717) is 11.5 Å². The molecule has 126 valence electrons. The lowest BCUT2D eigenvalue weighted by Crippen LogP contribution is -2.16. The number of carbonyl (C=O) groups excluding carboxylic acids is 1. The molecule has 0 amide bonds. The Hall–Kier alpha value is -1.83. The van der Waals surface area contributed by atoms with Gasteiger partial charge in [-0.3, -0.25) is 10.6 Å². The molecule has 0 unspecified atom stereocenters. The Morgan fingerprint density at radius 2 is 2.13 bits per heavy atom. The number of nitrogens with one attached hydrogen (secondary N) is 1. The van der Waals surface area contributed by atoms with E-state index in [1.165, 1.54) is 0 Å². The highest BCUT2D eigenvalue weighted by molar-refractivity contribution is 9.11. The molecule has 1 aromatic carbocycles. The summed E-state index contributed by atoms with van der Waals surface area (Å²) >= 11 is 3.40. The second kappa shape index (κ2) is 10.0. The monoisotopic (exact) mass is 383 g/mol. The van der Waals surface area contributed by atoms with Gasteiger partial charge < -0.3 is 20.6 Å². The van der Waals surface area contributed by atoms with Crippen LogP contribution in [0.5, 0.6) is 11.5 Å². The fourth-order valence-electron chi connectivity index (χ4n) is 1.86. The van der Waals surface area contributed by atoms with Crippen molar-refractivity contribution in [2.75, 3.05) is 20.3 Å². The predicted molar refractivity (Wildman–Crippen MR) is 95.2 cm³/mol. The highest BCUT2D eigenvalue weighted by Gasteiger charge is 2.09. The lowest BCUT2D eigenvalue weighted by molar-refractivity contribution is -0.118. The topological polar surface area (TPSA) is 99.6 Å². The average Bonchev–Trinajstić information content (AvgIpc) is 2.54. The molecule has 23 heavy (non-hydrogen) atoms. The van der Waals surface area contributed by atoms with Gasteiger partial charge in [0.15, 0.2) is 11.5 Å². The largest absolute Gasteiger partial charge is 0.493 e. The van der Waals surface area contributed by atoms with Gasteiger partial charge in [-0.2, -0.15) is 0 Å². The molecule has 0 aliphatic heterocycles. The number of methoxy groups -OCH3 is 1. The Balaban J connectivity index is 2.96. The number of ketones is 1. The van der Waals surface area contributed by atoms with Crippen LogP contribution in [0.1, 0.15) is 18.9 Å². The lowest BCUT2D eigenvalue weighted by Gasteiger charge is -2.12. The third kappa shape index (κ3) is 6.43. The van der Waals surface area contributed by atoms with Gasteiger partial charge in [-0.05, 0) is 40.8 Å². The fourth-order valence-corrected chi connectivity index (χ4v) is 2.10. The first-order chi connectivity index (χ1) is 11.0. The van der Waals surface area contributed by atoms with E-state index in [4.69, 9.17) is 21.1 Å². The van der Waals surface area contributed by atoms with E-state index >= 15 is 0 Å². The van der Waals surface area contributed by atoms with E-state index in [-0.39, 0.29) is 25.4 Å². The maximum absolute atomic E-state index is 11.2. The van der Waals surface area contributed by atoms with Crippen LogP contribution in [0, 0.1) is 0 Å². The van der Waals surface area contributed by atoms with Gasteiger partial charge in [-0.25, -0.2) is 0 Å². The van der Waals surface area contributed by atoms with Crippen LogP contribution in [-0.4, -0.2) is 26.0 Å². The Labute approximate surface area is 144 Å². The number of ether oxygens (including phenoxy) is 2. The Kier molecular flexibility index (Phi) is 8.39. The van der Waals surface area contributed by atoms with Crippen LogP contribution in [0.15, 0.2) is 35.0 Å². The first-order valence-corrected chi connectivity index (χ1v) is 7.84. The van der Waals surface area contributed by atoms with Crippen molar-refractivity contribution in [2.45, 2.75) is 13.3 Å². The molecule has 1 rings (SSSR count). The minimum Gasteiger partial charge on any atom is -0.493 e. The van der Waals surface area contributed by atoms with E-state index in [1.54, 1.807) is 19.4 Å². The first kappa shape index (κ1) is 19.2. The summed E-state index contributed by atoms with van der Waals surface area (Å²) in [6, 6.07) is 5.52. The average molecular weight is 384 g/mol. The molecule has 0 aliphatic rings. The van der Waals surface area contributed by atoms with Gasteiger partial charge in [0.25, 0.3) is 0 Å². The number of halogens is 1. The van der Waals surface area contributed by atoms with Crippen LogP contribution in [0.4, 0.5) is 0 Å². The van der Waals surface area contributed by atoms with Gasteiger partial charge in [-0.15, -0.1) is 0 Å². The van der Waals surface area contributed by atoms with Crippen LogP contribution in [0.25, 0.3) is 5.57 Å². The minimum absolute atomic E-state index is 0.0257. The summed E-state index contributed by atoms with van der Waals surface area (Å²) in [6.07, 6.45) is 3.88. The van der Waals surface area contributed by atoms with E-state index < -0.39 is 0 Å². The first-order valence-electron chi connectivity index (χ1n) is 7.05. The minimum atomic E-state index is -0.0437. The molecule has 1 aromatic rings. The highest BCUT2D eigenvalue weighted by atomic mass is 79.9. The molecule has 0 saturated heterocycles. The zero-order chi connectivity index (χ0) is 17.2. The van der Waals surface area contributed by atoms with E-state index in [9.17, 15) is 4.79 Å². The van der Waals surface area contributed by atoms with Gasteiger partial charge in [0, 0.05) is 12.6 Å². The fraction of sp³-hybridized carbons (Fsp3) is 0.312. The number of hydrogen-bond donors (Lipinski definition) is 3. The number of Topliss-reactive ketones (excluding diaryl/α,β-unsaturated/α-hetero) is 1. The summed E-state index contributed by atoms with van der Waals surface area (Å²) < 4.78 is 11.9. The van der Waals surface area contributed by atoms with Crippen molar-refractivity contribution in [1.29, 1.82) is 0 Å². The number of allylic oxidation sites excluding steroid dienone is 3. The molecule has 0 bridgehead atoms. The molecule has 0 aliphatic carbocycles. The summed E-state index contributed by atoms with van der Waals surface area (Å²) in [6.45, 7) is 2.21. The molecule has 0 radical (unpaired) electrons. The third-order valence-corrected chi connectivity index (χ3v) is 3.19. The van der Waals surface area contributed by atoms with Crippen molar-refractivity contribution in [2.24, 2.45) is 11.6 Å². The summed E-state index contributed by atoms with van der Waals surface area (Å²) in [7, 11) is 1.56. The van der Waals surface area contributed by atoms with Gasteiger partial charge >= 0.3 is 0 Å². The predicted octanol–water partition coefficient (Wildman–Crippen LogP) is 2.09. The van der Waals surface area contributed by atoms with Crippen LogP contribution >= 0.6 is 15.9 Å². The number of carbonyl (C=O) groups is 1. The van der Waals surface area contributed by atoms with Crippen molar-refractivity contribution < 1.29 is 14.3 Å². The SMILES string of the molecule is COc1cc(C(/C=C(\C)Br)=C/NN)ccc1OCCC(=O)CN. The van der Waals surface area contributed by atoms with Crippen LogP contribution in [0.2, 0.25) is 0 Å². The summed E-state index contributed by atoms with van der Waals surface area (Å²) in [5, 5.41) is 0. The van der Waals surface area contributed by atoms with Crippen LogP contribution in [0.3, 0.4) is 0 Å². The number of benzene rings is 1. The van der Waals surface area contributed by atoms with Gasteiger partial charge in [0.2, 0.25) is 0 Å². The number of hydrogen-bond acceptors (Lipinski definition) is 6. The zero-order valence-electron chi connectivity index (χ0n) is 13.3. The van der Waals surface area contributed by atoms with Crippen LogP contribution < -0.4 is 26.5 Å². The Bertz CT molecular complexity index is 596. The molecular weight excluding hydrogens is 362 g/mol. The van der Waals surface area contributed by atoms with E-state index in [2.05, 4.69) is 21.4 Å². The maximum atomic E-state index is 11.2. The molecule has 0 fully saturated rings. The standard InChI is InChI=1S/C16H22BrN3O3/c1-11(17)7-13(10-20-19)12-3-4-15(16(8-12)22-2)23-6-5-14(21)9-18/h3-4,7-8,10,20H,5-6,9,18-19H2,1-2H3/b11-7+,13-10+. The smallest absolute Gasteiger partial charge is 0.161 e. The maximum Gasteiger partial charge on any atom is 0.161 e. The van der Waals surface area contributed by atoms with Crippen LogP contribution in [-0.2, 0) is 4.79 Å².